The summed E-state index contributed by atoms with van der Waals surface area (Å²) in [6.45, 7) is 6.57. The molecule has 0 bridgehead atoms. The van der Waals surface area contributed by atoms with Gasteiger partial charge in [0.05, 0.1) is 12.6 Å². The van der Waals surface area contributed by atoms with Gasteiger partial charge in [-0.15, -0.1) is 0 Å². The summed E-state index contributed by atoms with van der Waals surface area (Å²) in [5.41, 5.74) is 1.38. The van der Waals surface area contributed by atoms with Crippen LogP contribution in [0.3, 0.4) is 0 Å². The Morgan fingerprint density at radius 2 is 2.00 bits per heavy atom. The fourth-order valence-electron chi connectivity index (χ4n) is 3.83. The van der Waals surface area contributed by atoms with Crippen LogP contribution in [0.2, 0.25) is 5.02 Å². The third-order valence-corrected chi connectivity index (χ3v) is 5.81. The fraction of sp³-hybridized carbons (Fsp3) is 0.682. The number of likely N-dealkylation sites (N-methyl/N-ethyl adjacent to an activating group) is 1. The second kappa shape index (κ2) is 11.8. The van der Waals surface area contributed by atoms with Crippen LogP contribution in [0.15, 0.2) is 18.2 Å². The molecule has 158 valence electrons. The smallest absolute Gasteiger partial charge is 0.227 e. The standard InChI is InChI=1S/C22H35ClN2O3/c1-4-6-7-10-20(25-13-8-9-14-25)24(3)21(26)16-17-11-12-18(19(23)15-17)22(27)28-5-2/h11-12,15,20,22,27H,4-10,13-14,16H2,1-3H3/t20-,22?/m1/s1. The summed E-state index contributed by atoms with van der Waals surface area (Å²) in [5.74, 6) is 0.0996. The van der Waals surface area contributed by atoms with Gasteiger partial charge in [0.2, 0.25) is 5.91 Å². The van der Waals surface area contributed by atoms with Gasteiger partial charge >= 0.3 is 0 Å². The highest BCUT2D eigenvalue weighted by molar-refractivity contribution is 6.31. The Balaban J connectivity index is 2.03. The molecule has 2 atom stereocenters. The highest BCUT2D eigenvalue weighted by Crippen LogP contribution is 2.26. The third kappa shape index (κ3) is 6.45. The first-order valence-electron chi connectivity index (χ1n) is 10.6. The first-order chi connectivity index (χ1) is 13.5. The molecule has 0 saturated carbocycles. The van der Waals surface area contributed by atoms with Gasteiger partial charge in [0, 0.05) is 37.3 Å². The van der Waals surface area contributed by atoms with Crippen molar-refractivity contribution >= 4 is 17.5 Å². The van der Waals surface area contributed by atoms with Crippen molar-refractivity contribution in [3.8, 4) is 0 Å². The number of carbonyl (C=O) groups excluding carboxylic acids is 1. The molecule has 1 aromatic carbocycles. The lowest BCUT2D eigenvalue weighted by Gasteiger charge is -2.35. The molecule has 1 unspecified atom stereocenters. The number of nitrogens with zero attached hydrogens (tertiary/aromatic N) is 2. The summed E-state index contributed by atoms with van der Waals surface area (Å²) in [6, 6.07) is 5.34. The van der Waals surface area contributed by atoms with Gasteiger partial charge in [0.25, 0.3) is 0 Å². The maximum Gasteiger partial charge on any atom is 0.227 e. The molecule has 1 aromatic rings. The molecule has 0 spiro atoms. The van der Waals surface area contributed by atoms with Crippen LogP contribution in [0.1, 0.15) is 69.8 Å². The number of rotatable bonds is 11. The molecule has 1 aliphatic rings. The van der Waals surface area contributed by atoms with E-state index in [4.69, 9.17) is 16.3 Å². The van der Waals surface area contributed by atoms with Crippen LogP contribution >= 0.6 is 11.6 Å². The van der Waals surface area contributed by atoms with E-state index in [1.54, 1.807) is 12.1 Å². The van der Waals surface area contributed by atoms with Gasteiger partial charge in [-0.2, -0.15) is 0 Å². The number of benzene rings is 1. The highest BCUT2D eigenvalue weighted by atomic mass is 35.5. The maximum absolute atomic E-state index is 13.0. The lowest BCUT2D eigenvalue weighted by atomic mass is 10.1. The van der Waals surface area contributed by atoms with Crippen molar-refractivity contribution in [1.82, 2.24) is 9.80 Å². The van der Waals surface area contributed by atoms with Crippen LogP contribution in [-0.4, -0.2) is 53.7 Å². The van der Waals surface area contributed by atoms with Gasteiger partial charge in [-0.25, -0.2) is 0 Å². The average molecular weight is 411 g/mol. The molecular weight excluding hydrogens is 376 g/mol. The van der Waals surface area contributed by atoms with E-state index in [-0.39, 0.29) is 12.1 Å². The van der Waals surface area contributed by atoms with E-state index in [2.05, 4.69) is 11.8 Å². The zero-order valence-electron chi connectivity index (χ0n) is 17.5. The Kier molecular flexibility index (Phi) is 9.72. The number of halogens is 1. The largest absolute Gasteiger partial charge is 0.364 e. The lowest BCUT2D eigenvalue weighted by molar-refractivity contribution is -0.135. The molecular formula is C22H35ClN2O3. The van der Waals surface area contributed by atoms with Gasteiger partial charge in [-0.1, -0.05) is 49.9 Å². The third-order valence-electron chi connectivity index (χ3n) is 5.48. The molecule has 1 amide bonds. The molecule has 0 aromatic heterocycles. The number of unbranched alkanes of at least 4 members (excludes halogenated alkanes) is 2. The molecule has 0 radical (unpaired) electrons. The van der Waals surface area contributed by atoms with Crippen molar-refractivity contribution < 1.29 is 14.6 Å². The molecule has 1 saturated heterocycles. The minimum absolute atomic E-state index is 0.0996. The molecule has 5 nitrogen and oxygen atoms in total. The van der Waals surface area contributed by atoms with Crippen LogP contribution in [0.25, 0.3) is 0 Å². The molecule has 1 heterocycles. The lowest BCUT2D eigenvalue weighted by Crippen LogP contribution is -2.48. The number of hydrogen-bond acceptors (Lipinski definition) is 4. The SMILES string of the molecule is CCCCC[C@@H](N1CCCC1)N(C)C(=O)Cc1ccc(C(O)OCC)c(Cl)c1. The Bertz CT molecular complexity index is 620. The van der Waals surface area contributed by atoms with E-state index < -0.39 is 6.29 Å². The Hall–Kier alpha value is -1.14. The van der Waals surface area contributed by atoms with Gasteiger partial charge < -0.3 is 14.7 Å². The van der Waals surface area contributed by atoms with E-state index in [0.29, 0.717) is 23.6 Å². The Labute approximate surface area is 174 Å². The molecule has 0 aliphatic carbocycles. The van der Waals surface area contributed by atoms with Crippen LogP contribution in [0.5, 0.6) is 0 Å². The van der Waals surface area contributed by atoms with Gasteiger partial charge in [0.1, 0.15) is 0 Å². The summed E-state index contributed by atoms with van der Waals surface area (Å²) < 4.78 is 5.19. The van der Waals surface area contributed by atoms with E-state index in [1.165, 1.54) is 25.7 Å². The van der Waals surface area contributed by atoms with Gasteiger partial charge in [0.15, 0.2) is 6.29 Å². The van der Waals surface area contributed by atoms with E-state index in [0.717, 1.165) is 31.5 Å². The molecule has 28 heavy (non-hydrogen) atoms. The number of likely N-dealkylation sites (tertiary alicyclic amines) is 1. The monoisotopic (exact) mass is 410 g/mol. The minimum Gasteiger partial charge on any atom is -0.364 e. The predicted octanol–water partition coefficient (Wildman–Crippen LogP) is 4.37. The average Bonchev–Trinajstić information content (AvgIpc) is 3.19. The number of amides is 1. The highest BCUT2D eigenvalue weighted by Gasteiger charge is 2.28. The Morgan fingerprint density at radius 3 is 2.61 bits per heavy atom. The van der Waals surface area contributed by atoms with Crippen molar-refractivity contribution in [3.63, 3.8) is 0 Å². The summed E-state index contributed by atoms with van der Waals surface area (Å²) in [4.78, 5) is 17.3. The second-order valence-electron chi connectivity index (χ2n) is 7.56. The van der Waals surface area contributed by atoms with Gasteiger partial charge in [-0.05, 0) is 37.8 Å². The van der Waals surface area contributed by atoms with Gasteiger partial charge in [-0.3, -0.25) is 9.69 Å². The summed E-state index contributed by atoms with van der Waals surface area (Å²) in [6.07, 6.45) is 6.42. The van der Waals surface area contributed by atoms with Crippen molar-refractivity contribution in [2.45, 2.75) is 71.2 Å². The van der Waals surface area contributed by atoms with E-state index in [1.807, 2.05) is 24.9 Å². The van der Waals surface area contributed by atoms with Crippen molar-refractivity contribution in [3.05, 3.63) is 34.3 Å². The molecule has 1 aliphatic heterocycles. The maximum atomic E-state index is 13.0. The molecule has 2 rings (SSSR count). The zero-order valence-corrected chi connectivity index (χ0v) is 18.2. The normalized spacial score (nSPS) is 16.9. The van der Waals surface area contributed by atoms with Crippen molar-refractivity contribution in [1.29, 1.82) is 0 Å². The van der Waals surface area contributed by atoms with Crippen molar-refractivity contribution in [2.75, 3.05) is 26.7 Å². The number of carbonyl (C=O) groups is 1. The van der Waals surface area contributed by atoms with E-state index >= 15 is 0 Å². The Morgan fingerprint density at radius 1 is 1.29 bits per heavy atom. The van der Waals surface area contributed by atoms with Crippen LogP contribution in [-0.2, 0) is 16.0 Å². The topological polar surface area (TPSA) is 53.0 Å². The predicted molar refractivity (Wildman–Crippen MR) is 113 cm³/mol. The number of ether oxygens (including phenoxy) is 1. The molecule has 1 N–H and O–H groups in total. The number of hydrogen-bond donors (Lipinski definition) is 1. The fourth-order valence-corrected chi connectivity index (χ4v) is 4.13. The summed E-state index contributed by atoms with van der Waals surface area (Å²) in [7, 11) is 1.92. The van der Waals surface area contributed by atoms with Crippen molar-refractivity contribution in [2.24, 2.45) is 0 Å². The number of aliphatic hydroxyl groups is 1. The van der Waals surface area contributed by atoms with Crippen LogP contribution in [0, 0.1) is 0 Å². The first kappa shape index (κ1) is 23.1. The summed E-state index contributed by atoms with van der Waals surface area (Å²) in [5, 5.41) is 10.4. The van der Waals surface area contributed by atoms with Crippen LogP contribution < -0.4 is 0 Å². The minimum atomic E-state index is -1.04. The van der Waals surface area contributed by atoms with E-state index in [9.17, 15) is 9.90 Å². The quantitative estimate of drug-likeness (QED) is 0.434. The first-order valence-corrected chi connectivity index (χ1v) is 10.9. The second-order valence-corrected chi connectivity index (χ2v) is 7.97. The molecule has 6 heteroatoms. The molecule has 1 fully saturated rings. The summed E-state index contributed by atoms with van der Waals surface area (Å²) >= 11 is 6.30. The van der Waals surface area contributed by atoms with Crippen LogP contribution in [0.4, 0.5) is 0 Å². The zero-order chi connectivity index (χ0) is 20.5. The number of aliphatic hydroxyl groups excluding tert-OH is 1.